The van der Waals surface area contributed by atoms with Crippen LogP contribution in [0.1, 0.15) is 32.6 Å². The van der Waals surface area contributed by atoms with Crippen LogP contribution in [0.2, 0.25) is 0 Å². The topological polar surface area (TPSA) is 87.7 Å². The van der Waals surface area contributed by atoms with Gasteiger partial charge in [-0.2, -0.15) is 0 Å². The van der Waals surface area contributed by atoms with E-state index in [4.69, 9.17) is 4.74 Å². The minimum Gasteiger partial charge on any atom is -0.490 e. The van der Waals surface area contributed by atoms with Gasteiger partial charge in [-0.3, -0.25) is 14.9 Å². The molecule has 7 nitrogen and oxygen atoms in total. The summed E-state index contributed by atoms with van der Waals surface area (Å²) in [5.74, 6) is -0.508. The number of ether oxygens (including phenoxy) is 1. The number of carbonyl (C=O) groups excluding carboxylic acids is 3. The Bertz CT molecular complexity index is 741. The maximum atomic E-state index is 13.6. The number of halogens is 1. The molecule has 0 aliphatic carbocycles. The van der Waals surface area contributed by atoms with Crippen molar-refractivity contribution in [2.24, 2.45) is 5.92 Å². The lowest BCUT2D eigenvalue weighted by atomic mass is 9.94. The first-order valence-corrected chi connectivity index (χ1v) is 9.16. The summed E-state index contributed by atoms with van der Waals surface area (Å²) in [6, 6.07) is 5.73. The number of hydrogen-bond acceptors (Lipinski definition) is 4. The summed E-state index contributed by atoms with van der Waals surface area (Å²) in [5.41, 5.74) is -1.05. The molecule has 8 heteroatoms. The first-order valence-electron chi connectivity index (χ1n) is 9.16. The van der Waals surface area contributed by atoms with Gasteiger partial charge in [0.1, 0.15) is 5.54 Å². The predicted molar refractivity (Wildman–Crippen MR) is 95.5 cm³/mol. The van der Waals surface area contributed by atoms with E-state index >= 15 is 0 Å². The molecule has 2 heterocycles. The van der Waals surface area contributed by atoms with Crippen molar-refractivity contribution < 1.29 is 23.5 Å². The van der Waals surface area contributed by atoms with Crippen LogP contribution in [-0.4, -0.2) is 48.0 Å². The quantitative estimate of drug-likeness (QED) is 0.741. The molecule has 2 N–H and O–H groups in total. The molecule has 2 fully saturated rings. The Hall–Kier alpha value is -2.64. The van der Waals surface area contributed by atoms with E-state index in [1.165, 1.54) is 6.07 Å². The molecule has 0 spiro atoms. The number of nitrogens with one attached hydrogen (secondary N) is 2. The van der Waals surface area contributed by atoms with E-state index in [0.717, 1.165) is 12.8 Å². The van der Waals surface area contributed by atoms with Crippen LogP contribution in [-0.2, 0) is 9.59 Å². The zero-order valence-electron chi connectivity index (χ0n) is 15.3. The van der Waals surface area contributed by atoms with Gasteiger partial charge in [0.25, 0.3) is 5.91 Å². The zero-order valence-corrected chi connectivity index (χ0v) is 15.3. The fraction of sp³-hybridized carbons (Fsp3) is 0.526. The molecule has 2 aliphatic heterocycles. The van der Waals surface area contributed by atoms with E-state index in [2.05, 4.69) is 10.6 Å². The Labute approximate surface area is 157 Å². The maximum Gasteiger partial charge on any atom is 0.322 e. The standard InChI is InChI=1S/C19H24FN3O4/c1-19(17(25)21-18(26)22-19)9-8-16(24)23-10-4-5-13(11-23)12-27-15-7-3-2-6-14(15)20/h2-3,6-7,13H,4-5,8-12H2,1H3,(H2,21,22,25,26)/t13-,19+/m1/s1. The minimum absolute atomic E-state index is 0.0548. The number of imide groups is 1. The second-order valence-corrected chi connectivity index (χ2v) is 7.33. The SMILES string of the molecule is C[C@@]1(CCC(=O)N2CCC[C@@H](COc3ccccc3F)C2)NC(=O)NC1=O. The fourth-order valence-electron chi connectivity index (χ4n) is 3.47. The average molecular weight is 377 g/mol. The molecule has 1 aromatic carbocycles. The van der Waals surface area contributed by atoms with E-state index in [1.807, 2.05) is 0 Å². The smallest absolute Gasteiger partial charge is 0.322 e. The third-order valence-corrected chi connectivity index (χ3v) is 5.14. The molecule has 0 bridgehead atoms. The van der Waals surface area contributed by atoms with E-state index < -0.39 is 23.3 Å². The number of benzene rings is 1. The molecule has 0 unspecified atom stereocenters. The number of rotatable bonds is 6. The van der Waals surface area contributed by atoms with Crippen LogP contribution < -0.4 is 15.4 Å². The minimum atomic E-state index is -1.05. The van der Waals surface area contributed by atoms with E-state index in [9.17, 15) is 18.8 Å². The first-order chi connectivity index (χ1) is 12.9. The van der Waals surface area contributed by atoms with Crippen LogP contribution >= 0.6 is 0 Å². The number of para-hydroxylation sites is 1. The van der Waals surface area contributed by atoms with Crippen molar-refractivity contribution in [3.8, 4) is 5.75 Å². The van der Waals surface area contributed by atoms with Gasteiger partial charge in [-0.15, -0.1) is 0 Å². The molecule has 3 rings (SSSR count). The van der Waals surface area contributed by atoms with Crippen LogP contribution in [0.3, 0.4) is 0 Å². The van der Waals surface area contributed by atoms with Crippen molar-refractivity contribution in [2.45, 2.75) is 38.1 Å². The van der Waals surface area contributed by atoms with Gasteiger partial charge in [0, 0.05) is 25.4 Å². The van der Waals surface area contributed by atoms with Gasteiger partial charge in [0.05, 0.1) is 6.61 Å². The number of carbonyl (C=O) groups is 3. The molecule has 27 heavy (non-hydrogen) atoms. The second kappa shape index (κ2) is 7.94. The number of urea groups is 1. The number of hydrogen-bond donors (Lipinski definition) is 2. The van der Waals surface area contributed by atoms with Gasteiger partial charge in [0.15, 0.2) is 11.6 Å². The van der Waals surface area contributed by atoms with Gasteiger partial charge >= 0.3 is 6.03 Å². The van der Waals surface area contributed by atoms with Crippen molar-refractivity contribution in [2.75, 3.05) is 19.7 Å². The summed E-state index contributed by atoms with van der Waals surface area (Å²) >= 11 is 0. The molecule has 146 valence electrons. The fourth-order valence-corrected chi connectivity index (χ4v) is 3.47. The second-order valence-electron chi connectivity index (χ2n) is 7.33. The Morgan fingerprint density at radius 3 is 2.85 bits per heavy atom. The monoisotopic (exact) mass is 377 g/mol. The average Bonchev–Trinajstić information content (AvgIpc) is 2.91. The summed E-state index contributed by atoms with van der Waals surface area (Å²) < 4.78 is 19.2. The number of likely N-dealkylation sites (tertiary alicyclic amines) is 1. The molecule has 2 aliphatic rings. The molecule has 0 saturated carbocycles. The van der Waals surface area contributed by atoms with E-state index in [1.54, 1.807) is 30.0 Å². The highest BCUT2D eigenvalue weighted by Gasteiger charge is 2.42. The molecule has 4 amide bonds. The van der Waals surface area contributed by atoms with Gasteiger partial charge in [-0.25, -0.2) is 9.18 Å². The highest BCUT2D eigenvalue weighted by Crippen LogP contribution is 2.23. The molecular weight excluding hydrogens is 353 g/mol. The molecule has 0 aromatic heterocycles. The highest BCUT2D eigenvalue weighted by molar-refractivity contribution is 6.06. The Kier molecular flexibility index (Phi) is 5.62. The summed E-state index contributed by atoms with van der Waals surface area (Å²) in [6.45, 7) is 3.16. The summed E-state index contributed by atoms with van der Waals surface area (Å²) in [6.07, 6.45) is 2.18. The molecule has 2 saturated heterocycles. The number of amides is 4. The Morgan fingerprint density at radius 1 is 1.37 bits per heavy atom. The highest BCUT2D eigenvalue weighted by atomic mass is 19.1. The Morgan fingerprint density at radius 2 is 2.15 bits per heavy atom. The lowest BCUT2D eigenvalue weighted by Gasteiger charge is -2.33. The van der Waals surface area contributed by atoms with Crippen molar-refractivity contribution in [3.63, 3.8) is 0 Å². The number of nitrogens with zero attached hydrogens (tertiary/aromatic N) is 1. The molecular formula is C19H24FN3O4. The van der Waals surface area contributed by atoms with Crippen LogP contribution in [0.15, 0.2) is 24.3 Å². The Balaban J connectivity index is 1.48. The predicted octanol–water partition coefficient (Wildman–Crippen LogP) is 1.82. The third kappa shape index (κ3) is 4.56. The molecule has 0 radical (unpaired) electrons. The van der Waals surface area contributed by atoms with Crippen LogP contribution in [0.25, 0.3) is 0 Å². The first kappa shape index (κ1) is 19.1. The van der Waals surface area contributed by atoms with E-state index in [0.29, 0.717) is 19.7 Å². The largest absolute Gasteiger partial charge is 0.490 e. The third-order valence-electron chi connectivity index (χ3n) is 5.14. The summed E-state index contributed by atoms with van der Waals surface area (Å²) in [7, 11) is 0. The van der Waals surface area contributed by atoms with Crippen LogP contribution in [0, 0.1) is 11.7 Å². The van der Waals surface area contributed by atoms with Crippen molar-refractivity contribution >= 4 is 17.8 Å². The zero-order chi connectivity index (χ0) is 19.4. The number of piperidine rings is 1. The van der Waals surface area contributed by atoms with Gasteiger partial charge < -0.3 is 15.0 Å². The van der Waals surface area contributed by atoms with Crippen molar-refractivity contribution in [3.05, 3.63) is 30.1 Å². The van der Waals surface area contributed by atoms with Crippen LogP contribution in [0.4, 0.5) is 9.18 Å². The molecule has 1 aromatic rings. The summed E-state index contributed by atoms with van der Waals surface area (Å²) in [4.78, 5) is 37.4. The van der Waals surface area contributed by atoms with Gasteiger partial charge in [0.2, 0.25) is 5.91 Å². The summed E-state index contributed by atoms with van der Waals surface area (Å²) in [5, 5.41) is 4.76. The van der Waals surface area contributed by atoms with E-state index in [-0.39, 0.29) is 30.4 Å². The van der Waals surface area contributed by atoms with Crippen molar-refractivity contribution in [1.29, 1.82) is 0 Å². The normalized spacial score (nSPS) is 25.1. The van der Waals surface area contributed by atoms with Gasteiger partial charge in [-0.05, 0) is 38.3 Å². The van der Waals surface area contributed by atoms with Crippen molar-refractivity contribution in [1.82, 2.24) is 15.5 Å². The lowest BCUT2D eigenvalue weighted by Crippen LogP contribution is -2.46. The maximum absolute atomic E-state index is 13.6. The van der Waals surface area contributed by atoms with Crippen LogP contribution in [0.5, 0.6) is 5.75 Å². The molecule has 2 atom stereocenters. The van der Waals surface area contributed by atoms with Gasteiger partial charge in [-0.1, -0.05) is 12.1 Å². The lowest BCUT2D eigenvalue weighted by molar-refractivity contribution is -0.134.